The monoisotopic (exact) mass is 1450 g/mol. The summed E-state index contributed by atoms with van der Waals surface area (Å²) in [6.07, 6.45) is 0. The van der Waals surface area contributed by atoms with Crippen LogP contribution in [0, 0.1) is 0 Å². The Morgan fingerprint density at radius 3 is 1.00 bits per heavy atom. The molecular weight excluding hydrogens is 1350 g/mol. The maximum atomic E-state index is 10.0. The van der Waals surface area contributed by atoms with E-state index >= 15 is 0 Å². The Morgan fingerprint density at radius 2 is 0.580 bits per heavy atom. The van der Waals surface area contributed by atoms with E-state index in [1.165, 1.54) is 5.56 Å². The zero-order valence-corrected chi connectivity index (χ0v) is 64.5. The summed E-state index contributed by atoms with van der Waals surface area (Å²) in [4.78, 5) is 5.11. The van der Waals surface area contributed by atoms with Crippen LogP contribution in [0.25, 0.3) is 128 Å². The number of benzene rings is 16. The summed E-state index contributed by atoms with van der Waals surface area (Å²) in [6, 6.07) is 113. The summed E-state index contributed by atoms with van der Waals surface area (Å²) in [5.74, 6) is 0. The molecule has 0 radical (unpaired) electrons. The van der Waals surface area contributed by atoms with Gasteiger partial charge in [0.05, 0.1) is 33.4 Å². The van der Waals surface area contributed by atoms with Crippen LogP contribution in [0.15, 0.2) is 370 Å². The molecule has 0 bridgehead atoms. The van der Waals surface area contributed by atoms with Crippen LogP contribution < -0.4 is 26.2 Å². The minimum Gasteiger partial charge on any atom is -0.310 e. The van der Waals surface area contributed by atoms with E-state index in [0.29, 0.717) is 5.69 Å². The van der Waals surface area contributed by atoms with Crippen molar-refractivity contribution in [1.29, 1.82) is 0 Å². The van der Waals surface area contributed by atoms with Crippen molar-refractivity contribution in [1.82, 2.24) is 4.57 Å². The average Bonchev–Trinajstić information content (AvgIpc) is 0.814. The van der Waals surface area contributed by atoms with E-state index in [9.17, 15) is 11.0 Å². The molecule has 0 saturated carbocycles. The molecule has 0 unspecified atom stereocenters. The van der Waals surface area contributed by atoms with Crippen LogP contribution >= 0.6 is 0 Å². The Bertz CT molecular complexity index is 6860. The zero-order chi connectivity index (χ0) is 83.1. The first-order valence-electron chi connectivity index (χ1n) is 42.9. The van der Waals surface area contributed by atoms with E-state index in [0.717, 1.165) is 162 Å². The Labute approximate surface area is 671 Å². The van der Waals surface area contributed by atoms with Gasteiger partial charge in [0.25, 0.3) is 6.71 Å². The van der Waals surface area contributed by atoms with Crippen LogP contribution in [0.2, 0.25) is 0 Å². The molecule has 0 fully saturated rings. The topological polar surface area (TPSA) is 11.4 Å². The van der Waals surface area contributed by atoms with Crippen molar-refractivity contribution in [3.05, 3.63) is 387 Å². The number of hydrogen-bond donors (Lipinski definition) is 0. The number of rotatable bonds is 12. The lowest BCUT2D eigenvalue weighted by molar-refractivity contribution is 0.590. The van der Waals surface area contributed by atoms with Crippen LogP contribution in [-0.2, 0) is 16.2 Å². The highest BCUT2D eigenvalue weighted by molar-refractivity contribution is 7.00. The van der Waals surface area contributed by atoms with Gasteiger partial charge in [0.1, 0.15) is 0 Å². The molecule has 0 aliphatic carbocycles. The standard InChI is InChI=1S/C108H88BN3/c1-106(2,3)85-64-91(75-42-24-14-25-43-75)104(93(66-85)80-48-32-46-77(58-80)71-34-16-10-17-35-71)111-99-57-54-79(84-61-82(73-38-20-12-21-39-73)60-83(62-84)74-40-22-13-23-41-74)63-96(99)109-95-56-55-88(110-97-52-30-28-50-89(97)90-51-29-31-53-98(90)110)70-100(95)112(102-69-87(108(7,8)9)68-101(111)103(102)109)105-92(76-44-26-15-27-45-76)65-86(107(4,5)6)67-94(105)81-49-33-47-78(59-81)72-36-18-11-19-37-72/h10-70H,1-9H3/i28D,29D,30D,31D,50D,51D,52D,53D. The van der Waals surface area contributed by atoms with Crippen LogP contribution in [-0.4, -0.2) is 11.3 Å². The lowest BCUT2D eigenvalue weighted by Crippen LogP contribution is -2.61. The summed E-state index contributed by atoms with van der Waals surface area (Å²) in [5, 5.41) is 0.00787. The van der Waals surface area contributed by atoms with E-state index < -0.39 is 48.4 Å². The lowest BCUT2D eigenvalue weighted by atomic mass is 9.33. The summed E-state index contributed by atoms with van der Waals surface area (Å²) in [5.41, 5.74) is 29.9. The lowest BCUT2D eigenvalue weighted by Gasteiger charge is -2.47. The summed E-state index contributed by atoms with van der Waals surface area (Å²) < 4.78 is 78.3. The van der Waals surface area contributed by atoms with Gasteiger partial charge in [-0.1, -0.05) is 335 Å². The maximum absolute atomic E-state index is 10.0. The number of hydrogen-bond acceptors (Lipinski definition) is 2. The third-order valence-electron chi connectivity index (χ3n) is 22.8. The van der Waals surface area contributed by atoms with E-state index in [2.05, 4.69) is 388 Å². The van der Waals surface area contributed by atoms with Gasteiger partial charge in [-0.2, -0.15) is 0 Å². The second kappa shape index (κ2) is 27.5. The fourth-order valence-corrected chi connectivity index (χ4v) is 17.0. The molecule has 16 aromatic carbocycles. The SMILES string of the molecule is [2H]c1c([2H])c([2H])c2c(c1[2H])c1c([2H])c([2H])c([2H])c([2H])c1n2-c1ccc2c(c1)N(c1c(-c3ccccc3)cc(C(C)(C)C)cc1-c1cccc(-c3ccccc3)c1)c1cc(C(C)(C)C)cc3c1B2c1cc(-c2cc(-c4ccccc4)cc(-c4ccccc4)c2)ccc1N3c1c(-c2ccccc2)cc(C(C)(C)C)cc1-c1cccc(-c2ccccc2)c1. The maximum Gasteiger partial charge on any atom is 0.252 e. The number of fused-ring (bicyclic) bond motifs is 7. The quantitative estimate of drug-likeness (QED) is 0.113. The molecule has 2 aliphatic rings. The molecule has 3 nitrogen and oxygen atoms in total. The molecule has 0 atom stereocenters. The Balaban J connectivity index is 1.02. The van der Waals surface area contributed by atoms with Gasteiger partial charge in [-0.15, -0.1) is 0 Å². The second-order valence-corrected chi connectivity index (χ2v) is 33.1. The molecule has 0 N–H and O–H groups in total. The molecule has 0 saturated heterocycles. The minimum absolute atomic E-state index is 0.00394. The Hall–Kier alpha value is -13.0. The first-order chi connectivity index (χ1) is 57.8. The van der Waals surface area contributed by atoms with Gasteiger partial charge in [0.15, 0.2) is 0 Å². The van der Waals surface area contributed by atoms with Crippen LogP contribution in [0.4, 0.5) is 34.1 Å². The first kappa shape index (κ1) is 60.8. The molecule has 17 aromatic rings. The molecule has 3 heterocycles. The van der Waals surface area contributed by atoms with E-state index in [-0.39, 0.29) is 44.7 Å². The van der Waals surface area contributed by atoms with Crippen LogP contribution in [0.5, 0.6) is 0 Å². The molecule has 19 rings (SSSR count). The summed E-state index contributed by atoms with van der Waals surface area (Å²) in [7, 11) is 0. The van der Waals surface area contributed by atoms with Gasteiger partial charge in [-0.25, -0.2) is 0 Å². The Morgan fingerprint density at radius 1 is 0.250 bits per heavy atom. The number of anilines is 6. The van der Waals surface area contributed by atoms with Gasteiger partial charge in [0, 0.05) is 61.5 Å². The van der Waals surface area contributed by atoms with Crippen molar-refractivity contribution in [2.75, 3.05) is 9.80 Å². The summed E-state index contributed by atoms with van der Waals surface area (Å²) >= 11 is 0. The summed E-state index contributed by atoms with van der Waals surface area (Å²) in [6.45, 7) is 20.1. The van der Waals surface area contributed by atoms with Crippen molar-refractivity contribution in [2.24, 2.45) is 0 Å². The van der Waals surface area contributed by atoms with E-state index in [1.807, 2.05) is 6.07 Å². The molecule has 538 valence electrons. The van der Waals surface area contributed by atoms with Gasteiger partial charge >= 0.3 is 0 Å². The highest BCUT2D eigenvalue weighted by atomic mass is 15.2. The second-order valence-electron chi connectivity index (χ2n) is 33.1. The molecule has 2 aliphatic heterocycles. The van der Waals surface area contributed by atoms with Crippen molar-refractivity contribution in [3.63, 3.8) is 0 Å². The normalized spacial score (nSPS) is 13.6. The number of aromatic nitrogens is 1. The predicted molar refractivity (Wildman–Crippen MR) is 480 cm³/mol. The van der Waals surface area contributed by atoms with Crippen molar-refractivity contribution >= 4 is 79.0 Å². The number of para-hydroxylation sites is 2. The van der Waals surface area contributed by atoms with Crippen molar-refractivity contribution in [3.8, 4) is 106 Å². The van der Waals surface area contributed by atoms with Gasteiger partial charge in [-0.05, 0) is 224 Å². The smallest absolute Gasteiger partial charge is 0.252 e. The zero-order valence-electron chi connectivity index (χ0n) is 72.5. The van der Waals surface area contributed by atoms with Crippen molar-refractivity contribution < 1.29 is 11.0 Å². The third-order valence-corrected chi connectivity index (χ3v) is 22.8. The largest absolute Gasteiger partial charge is 0.310 e. The molecule has 1 aromatic heterocycles. The van der Waals surface area contributed by atoms with Gasteiger partial charge in [-0.3, -0.25) is 0 Å². The fraction of sp³-hybridized carbons (Fsp3) is 0.111. The highest BCUT2D eigenvalue weighted by Gasteiger charge is 2.47. The predicted octanol–water partition coefficient (Wildman–Crippen LogP) is 27.8. The average molecular weight is 1450 g/mol. The molecule has 0 spiro atoms. The van der Waals surface area contributed by atoms with Crippen LogP contribution in [0.1, 0.15) is 90.0 Å². The minimum atomic E-state index is -0.563. The highest BCUT2D eigenvalue weighted by Crippen LogP contribution is 2.56. The van der Waals surface area contributed by atoms with E-state index in [1.54, 1.807) is 4.57 Å². The molecule has 112 heavy (non-hydrogen) atoms. The first-order valence-corrected chi connectivity index (χ1v) is 38.9. The Kier molecular flexibility index (Phi) is 15.0. The van der Waals surface area contributed by atoms with Crippen molar-refractivity contribution in [2.45, 2.75) is 78.6 Å². The molecule has 0 amide bonds. The molecule has 4 heteroatoms. The van der Waals surface area contributed by atoms with Gasteiger partial charge < -0.3 is 14.4 Å². The van der Waals surface area contributed by atoms with Crippen LogP contribution in [0.3, 0.4) is 0 Å². The van der Waals surface area contributed by atoms with E-state index in [4.69, 9.17) is 0 Å². The molecular formula is C108H88BN3. The van der Waals surface area contributed by atoms with Gasteiger partial charge in [0.2, 0.25) is 0 Å². The fourth-order valence-electron chi connectivity index (χ4n) is 17.0. The third kappa shape index (κ3) is 12.3. The number of nitrogens with zero attached hydrogens (tertiary/aromatic N) is 3.